The van der Waals surface area contributed by atoms with Gasteiger partial charge in [-0.1, -0.05) is 29.8 Å². The van der Waals surface area contributed by atoms with Crippen LogP contribution in [0.4, 0.5) is 0 Å². The number of rotatable bonds is 2. The fraction of sp³-hybridized carbons (Fsp3) is 0.333. The lowest BCUT2D eigenvalue weighted by Crippen LogP contribution is -2.27. The smallest absolute Gasteiger partial charge is 0.261 e. The molecule has 1 aliphatic rings. The molecular formula is C15H15N3O2. The molecule has 0 bridgehead atoms. The molecule has 1 atom stereocenters. The monoisotopic (exact) mass is 269 g/mol. The highest BCUT2D eigenvalue weighted by atomic mass is 16.5. The molecule has 1 aliphatic heterocycles. The van der Waals surface area contributed by atoms with Crippen LogP contribution in [0.2, 0.25) is 0 Å². The Morgan fingerprint density at radius 3 is 3.05 bits per heavy atom. The van der Waals surface area contributed by atoms with Crippen LogP contribution in [-0.2, 0) is 0 Å². The molecule has 2 aromatic heterocycles. The molecule has 102 valence electrons. The first-order valence-corrected chi connectivity index (χ1v) is 6.95. The van der Waals surface area contributed by atoms with E-state index in [-0.39, 0.29) is 6.04 Å². The summed E-state index contributed by atoms with van der Waals surface area (Å²) < 4.78 is 10.9. The maximum Gasteiger partial charge on any atom is 0.261 e. The third kappa shape index (κ3) is 1.91. The van der Waals surface area contributed by atoms with Crippen LogP contribution in [0, 0.1) is 0 Å². The van der Waals surface area contributed by atoms with Crippen molar-refractivity contribution in [2.24, 2.45) is 0 Å². The molecule has 1 saturated heterocycles. The Labute approximate surface area is 116 Å². The van der Waals surface area contributed by atoms with E-state index >= 15 is 0 Å². The zero-order chi connectivity index (χ0) is 13.4. The first kappa shape index (κ1) is 11.7. The van der Waals surface area contributed by atoms with E-state index in [2.05, 4.69) is 15.5 Å². The van der Waals surface area contributed by atoms with Gasteiger partial charge in [-0.2, -0.15) is 4.98 Å². The molecule has 4 rings (SSSR count). The Bertz CT molecular complexity index is 725. The summed E-state index contributed by atoms with van der Waals surface area (Å²) in [4.78, 5) is 4.53. The van der Waals surface area contributed by atoms with Crippen molar-refractivity contribution in [2.75, 3.05) is 6.54 Å². The highest BCUT2D eigenvalue weighted by Gasteiger charge is 2.22. The zero-order valence-electron chi connectivity index (χ0n) is 11.0. The van der Waals surface area contributed by atoms with Crippen LogP contribution in [0.15, 0.2) is 39.5 Å². The highest BCUT2D eigenvalue weighted by molar-refractivity contribution is 5.91. The van der Waals surface area contributed by atoms with Crippen molar-refractivity contribution in [1.82, 2.24) is 15.5 Å². The minimum absolute atomic E-state index is 0.208. The highest BCUT2D eigenvalue weighted by Crippen LogP contribution is 2.30. The lowest BCUT2D eigenvalue weighted by molar-refractivity contribution is 0.367. The van der Waals surface area contributed by atoms with Crippen LogP contribution < -0.4 is 5.32 Å². The van der Waals surface area contributed by atoms with E-state index in [0.29, 0.717) is 5.89 Å². The molecule has 20 heavy (non-hydrogen) atoms. The van der Waals surface area contributed by atoms with Gasteiger partial charge in [0, 0.05) is 5.39 Å². The van der Waals surface area contributed by atoms with Crippen molar-refractivity contribution < 1.29 is 8.94 Å². The number of aromatic nitrogens is 2. The van der Waals surface area contributed by atoms with Gasteiger partial charge >= 0.3 is 0 Å². The van der Waals surface area contributed by atoms with Crippen LogP contribution in [-0.4, -0.2) is 16.7 Å². The van der Waals surface area contributed by atoms with Gasteiger partial charge in [0.1, 0.15) is 11.8 Å². The first-order chi connectivity index (χ1) is 9.92. The van der Waals surface area contributed by atoms with Gasteiger partial charge in [0.2, 0.25) is 0 Å². The second kappa shape index (κ2) is 4.76. The summed E-state index contributed by atoms with van der Waals surface area (Å²) in [5.41, 5.74) is 1.69. The second-order valence-electron chi connectivity index (χ2n) is 5.11. The Morgan fingerprint density at radius 2 is 2.15 bits per heavy atom. The summed E-state index contributed by atoms with van der Waals surface area (Å²) in [6.07, 6.45) is 5.16. The number of benzene rings is 1. The molecule has 3 aromatic rings. The molecule has 1 fully saturated rings. The van der Waals surface area contributed by atoms with Crippen molar-refractivity contribution >= 4 is 11.0 Å². The zero-order valence-corrected chi connectivity index (χ0v) is 11.0. The molecular weight excluding hydrogens is 254 g/mol. The van der Waals surface area contributed by atoms with Crippen LogP contribution in [0.25, 0.3) is 22.4 Å². The number of nitrogens with zero attached hydrogens (tertiary/aromatic N) is 2. The molecule has 0 spiro atoms. The van der Waals surface area contributed by atoms with Gasteiger partial charge in [-0.15, -0.1) is 0 Å². The Hall–Kier alpha value is -2.14. The quantitative estimate of drug-likeness (QED) is 0.773. The lowest BCUT2D eigenvalue weighted by Gasteiger charge is -2.19. The normalized spacial score (nSPS) is 19.5. The number of furan rings is 1. The maximum absolute atomic E-state index is 5.51. The van der Waals surface area contributed by atoms with Crippen molar-refractivity contribution in [1.29, 1.82) is 0 Å². The number of para-hydroxylation sites is 1. The van der Waals surface area contributed by atoms with E-state index in [0.717, 1.165) is 35.3 Å². The van der Waals surface area contributed by atoms with Crippen molar-refractivity contribution in [3.63, 3.8) is 0 Å². The number of hydrogen-bond acceptors (Lipinski definition) is 5. The van der Waals surface area contributed by atoms with E-state index in [1.165, 1.54) is 12.8 Å². The van der Waals surface area contributed by atoms with Gasteiger partial charge in [0.05, 0.1) is 11.6 Å². The standard InChI is InChI=1S/C15H15N3O2/c1-2-7-13-10(5-1)11(9-19-13)15-17-14(18-20-15)12-6-3-4-8-16-12/h1-2,5,7,9,12,16H,3-4,6,8H2. The predicted octanol–water partition coefficient (Wildman–Crippen LogP) is 3.30. The van der Waals surface area contributed by atoms with Crippen molar-refractivity contribution in [2.45, 2.75) is 25.3 Å². The molecule has 3 heterocycles. The van der Waals surface area contributed by atoms with Crippen LogP contribution in [0.3, 0.4) is 0 Å². The summed E-state index contributed by atoms with van der Waals surface area (Å²) in [6, 6.07) is 8.05. The Kier molecular flexibility index (Phi) is 2.77. The lowest BCUT2D eigenvalue weighted by atomic mass is 10.0. The molecule has 5 heteroatoms. The van der Waals surface area contributed by atoms with Gasteiger partial charge in [-0.25, -0.2) is 0 Å². The largest absolute Gasteiger partial charge is 0.463 e. The van der Waals surface area contributed by atoms with Crippen LogP contribution in [0.5, 0.6) is 0 Å². The van der Waals surface area contributed by atoms with E-state index in [1.54, 1.807) is 6.26 Å². The summed E-state index contributed by atoms with van der Waals surface area (Å²) in [7, 11) is 0. The molecule has 0 radical (unpaired) electrons. The number of hydrogen-bond donors (Lipinski definition) is 1. The van der Waals surface area contributed by atoms with Gasteiger partial charge in [0.15, 0.2) is 5.82 Å². The van der Waals surface area contributed by atoms with E-state index in [4.69, 9.17) is 8.94 Å². The summed E-state index contributed by atoms with van der Waals surface area (Å²) in [6.45, 7) is 1.02. The SMILES string of the molecule is c1ccc2c(-c3nc(C4CCCCN4)no3)coc2c1. The average Bonchev–Trinajstić information content (AvgIpc) is 3.14. The average molecular weight is 269 g/mol. The fourth-order valence-electron chi connectivity index (χ4n) is 2.70. The molecule has 1 aromatic carbocycles. The second-order valence-corrected chi connectivity index (χ2v) is 5.11. The fourth-order valence-corrected chi connectivity index (χ4v) is 2.70. The summed E-state index contributed by atoms with van der Waals surface area (Å²) in [5.74, 6) is 1.27. The molecule has 0 aliphatic carbocycles. The Morgan fingerprint density at radius 1 is 1.20 bits per heavy atom. The van der Waals surface area contributed by atoms with E-state index in [1.807, 2.05) is 24.3 Å². The van der Waals surface area contributed by atoms with Crippen molar-refractivity contribution in [3.05, 3.63) is 36.4 Å². The minimum atomic E-state index is 0.208. The summed E-state index contributed by atoms with van der Waals surface area (Å²) >= 11 is 0. The third-order valence-corrected chi connectivity index (χ3v) is 3.78. The minimum Gasteiger partial charge on any atom is -0.463 e. The topological polar surface area (TPSA) is 64.1 Å². The maximum atomic E-state index is 5.51. The first-order valence-electron chi connectivity index (χ1n) is 6.95. The third-order valence-electron chi connectivity index (χ3n) is 3.78. The van der Waals surface area contributed by atoms with Gasteiger partial charge in [0.25, 0.3) is 5.89 Å². The van der Waals surface area contributed by atoms with E-state index in [9.17, 15) is 0 Å². The van der Waals surface area contributed by atoms with Crippen LogP contribution >= 0.6 is 0 Å². The van der Waals surface area contributed by atoms with Gasteiger partial charge < -0.3 is 14.3 Å². The van der Waals surface area contributed by atoms with Crippen LogP contribution in [0.1, 0.15) is 31.1 Å². The van der Waals surface area contributed by atoms with Crippen molar-refractivity contribution in [3.8, 4) is 11.5 Å². The predicted molar refractivity (Wildman–Crippen MR) is 74.1 cm³/mol. The molecule has 1 N–H and O–H groups in total. The molecule has 0 amide bonds. The molecule has 0 saturated carbocycles. The van der Waals surface area contributed by atoms with E-state index < -0.39 is 0 Å². The summed E-state index contributed by atoms with van der Waals surface area (Å²) in [5, 5.41) is 8.53. The Balaban J connectivity index is 1.70. The van der Waals surface area contributed by atoms with Gasteiger partial charge in [-0.05, 0) is 25.5 Å². The number of nitrogens with one attached hydrogen (secondary N) is 1. The number of piperidine rings is 1. The molecule has 5 nitrogen and oxygen atoms in total. The number of fused-ring (bicyclic) bond motifs is 1. The molecule has 1 unspecified atom stereocenters. The van der Waals surface area contributed by atoms with Gasteiger partial charge in [-0.3, -0.25) is 0 Å².